The van der Waals surface area contributed by atoms with E-state index in [2.05, 4.69) is 35.2 Å². The summed E-state index contributed by atoms with van der Waals surface area (Å²) in [7, 11) is 1.93. The molecule has 0 saturated heterocycles. The topological polar surface area (TPSA) is 58.1 Å². The Labute approximate surface area is 169 Å². The summed E-state index contributed by atoms with van der Waals surface area (Å²) in [6, 6.07) is 5.96. The Hall–Kier alpha value is -2.47. The normalized spacial score (nSPS) is 16.1. The minimum atomic E-state index is -0.0410. The van der Waals surface area contributed by atoms with Gasteiger partial charge in [0.25, 0.3) is 0 Å². The van der Waals surface area contributed by atoms with Crippen molar-refractivity contribution in [1.82, 2.24) is 9.97 Å². The second kappa shape index (κ2) is 7.51. The molecule has 0 fully saturated rings. The van der Waals surface area contributed by atoms with Crippen LogP contribution in [0.2, 0.25) is 0 Å². The van der Waals surface area contributed by atoms with E-state index < -0.39 is 0 Å². The molecular formula is C22H26N4OS. The number of carbonyl (C=O) groups excluding carboxylic acids is 1. The lowest BCUT2D eigenvalue weighted by Crippen LogP contribution is -2.31. The molecule has 1 N–H and O–H groups in total. The number of aromatic nitrogens is 2. The maximum Gasteiger partial charge on any atom is 0.243 e. The van der Waals surface area contributed by atoms with Crippen molar-refractivity contribution in [3.63, 3.8) is 0 Å². The first-order valence-corrected chi connectivity index (χ1v) is 10.6. The second-order valence-corrected chi connectivity index (χ2v) is 8.96. The Balaban J connectivity index is 1.58. The van der Waals surface area contributed by atoms with Gasteiger partial charge in [-0.1, -0.05) is 19.1 Å². The molecule has 1 aromatic carbocycles. The largest absolute Gasteiger partial charge is 0.350 e. The zero-order chi connectivity index (χ0) is 19.8. The van der Waals surface area contributed by atoms with Crippen LogP contribution in [-0.2, 0) is 17.6 Å². The van der Waals surface area contributed by atoms with Gasteiger partial charge in [-0.15, -0.1) is 11.3 Å². The van der Waals surface area contributed by atoms with Crippen molar-refractivity contribution in [1.29, 1.82) is 0 Å². The van der Waals surface area contributed by atoms with E-state index >= 15 is 0 Å². The molecule has 0 aliphatic heterocycles. The van der Waals surface area contributed by atoms with Crippen molar-refractivity contribution in [2.24, 2.45) is 5.92 Å². The second-order valence-electron chi connectivity index (χ2n) is 7.88. The molecule has 2 aromatic heterocycles. The smallest absolute Gasteiger partial charge is 0.243 e. The van der Waals surface area contributed by atoms with Gasteiger partial charge in [-0.05, 0) is 61.8 Å². The van der Waals surface area contributed by atoms with Crippen LogP contribution < -0.4 is 10.2 Å². The monoisotopic (exact) mass is 394 g/mol. The molecular weight excluding hydrogens is 368 g/mol. The van der Waals surface area contributed by atoms with Crippen molar-refractivity contribution < 1.29 is 4.79 Å². The third kappa shape index (κ3) is 3.49. The number of aryl methyl sites for hydroxylation is 2. The van der Waals surface area contributed by atoms with Gasteiger partial charge in [-0.2, -0.15) is 0 Å². The molecule has 0 spiro atoms. The van der Waals surface area contributed by atoms with Crippen molar-refractivity contribution >= 4 is 39.0 Å². The highest BCUT2D eigenvalue weighted by Crippen LogP contribution is 2.40. The predicted octanol–water partition coefficient (Wildman–Crippen LogP) is 4.51. The molecule has 0 radical (unpaired) electrons. The number of hydrogen-bond acceptors (Lipinski definition) is 5. The average Bonchev–Trinajstić information content (AvgIpc) is 3.02. The number of nitrogens with one attached hydrogen (secondary N) is 1. The number of nitrogens with zero attached hydrogens (tertiary/aromatic N) is 3. The number of benzene rings is 1. The summed E-state index contributed by atoms with van der Waals surface area (Å²) >= 11 is 1.78. The highest BCUT2D eigenvalue weighted by molar-refractivity contribution is 7.19. The van der Waals surface area contributed by atoms with E-state index in [1.807, 2.05) is 31.0 Å². The molecule has 5 nitrogen and oxygen atoms in total. The molecule has 0 unspecified atom stereocenters. The van der Waals surface area contributed by atoms with E-state index in [0.29, 0.717) is 0 Å². The first-order chi connectivity index (χ1) is 13.4. The summed E-state index contributed by atoms with van der Waals surface area (Å²) in [6.45, 7) is 6.64. The Bertz CT molecular complexity index is 1040. The van der Waals surface area contributed by atoms with Crippen LogP contribution >= 0.6 is 11.3 Å². The van der Waals surface area contributed by atoms with Crippen LogP contribution in [0.25, 0.3) is 10.2 Å². The van der Waals surface area contributed by atoms with Crippen LogP contribution in [0, 0.1) is 19.8 Å². The van der Waals surface area contributed by atoms with Gasteiger partial charge in [0.1, 0.15) is 17.0 Å². The number of thiophene rings is 1. The fourth-order valence-electron chi connectivity index (χ4n) is 3.91. The lowest BCUT2D eigenvalue weighted by atomic mass is 9.89. The Kier molecular flexibility index (Phi) is 5.06. The number of fused-ring (bicyclic) bond motifs is 3. The van der Waals surface area contributed by atoms with Gasteiger partial charge >= 0.3 is 0 Å². The Morgan fingerprint density at radius 1 is 1.32 bits per heavy atom. The van der Waals surface area contributed by atoms with Crippen LogP contribution in [0.1, 0.15) is 34.9 Å². The third-order valence-corrected chi connectivity index (χ3v) is 6.86. The van der Waals surface area contributed by atoms with Crippen LogP contribution in [0.3, 0.4) is 0 Å². The Morgan fingerprint density at radius 3 is 2.96 bits per heavy atom. The maximum atomic E-state index is 12.7. The number of rotatable bonds is 4. The Morgan fingerprint density at radius 2 is 2.14 bits per heavy atom. The fourth-order valence-corrected chi connectivity index (χ4v) is 5.26. The zero-order valence-electron chi connectivity index (χ0n) is 16.9. The molecule has 6 heteroatoms. The molecule has 1 aliphatic carbocycles. The van der Waals surface area contributed by atoms with E-state index in [-0.39, 0.29) is 12.5 Å². The molecule has 1 aliphatic rings. The summed E-state index contributed by atoms with van der Waals surface area (Å²) in [5.74, 6) is 1.53. The average molecular weight is 395 g/mol. The predicted molar refractivity (Wildman–Crippen MR) is 116 cm³/mol. The first kappa shape index (κ1) is 18.9. The van der Waals surface area contributed by atoms with E-state index in [1.165, 1.54) is 22.4 Å². The maximum absolute atomic E-state index is 12.7. The summed E-state index contributed by atoms with van der Waals surface area (Å²) in [5.41, 5.74) is 4.52. The number of amides is 1. The van der Waals surface area contributed by atoms with Gasteiger partial charge in [0.15, 0.2) is 0 Å². The highest BCUT2D eigenvalue weighted by Gasteiger charge is 2.24. The summed E-state index contributed by atoms with van der Waals surface area (Å²) < 4.78 is 0. The van der Waals surface area contributed by atoms with Gasteiger partial charge in [0.05, 0.1) is 11.9 Å². The fraction of sp³-hybridized carbons (Fsp3) is 0.409. The molecule has 28 heavy (non-hydrogen) atoms. The van der Waals surface area contributed by atoms with Gasteiger partial charge in [-0.25, -0.2) is 9.97 Å². The summed E-state index contributed by atoms with van der Waals surface area (Å²) in [6.07, 6.45) is 5.00. The SMILES string of the molecule is Cc1cccc(NC(=O)CN(C)c2ncnc3sc4c(c23)CC[C@@H](C)C4)c1C. The van der Waals surface area contributed by atoms with Gasteiger partial charge in [0.2, 0.25) is 5.91 Å². The van der Waals surface area contributed by atoms with Crippen LogP contribution in [-0.4, -0.2) is 29.5 Å². The molecule has 1 atom stereocenters. The molecule has 3 aromatic rings. The van der Waals surface area contributed by atoms with Gasteiger partial charge in [0, 0.05) is 17.6 Å². The molecule has 1 amide bonds. The quantitative estimate of drug-likeness (QED) is 0.707. The van der Waals surface area contributed by atoms with E-state index in [0.717, 1.165) is 46.0 Å². The first-order valence-electron chi connectivity index (χ1n) is 9.76. The molecule has 146 valence electrons. The zero-order valence-corrected chi connectivity index (χ0v) is 17.7. The lowest BCUT2D eigenvalue weighted by molar-refractivity contribution is -0.114. The third-order valence-electron chi connectivity index (χ3n) is 5.69. The number of carbonyl (C=O) groups is 1. The minimum Gasteiger partial charge on any atom is -0.350 e. The van der Waals surface area contributed by atoms with Gasteiger partial charge < -0.3 is 10.2 Å². The lowest BCUT2D eigenvalue weighted by Gasteiger charge is -2.21. The van der Waals surface area contributed by atoms with Crippen molar-refractivity contribution in [3.05, 3.63) is 46.1 Å². The molecule has 0 saturated carbocycles. The standard InChI is InChI=1S/C22H26N4OS/c1-13-8-9-16-18(10-13)28-22-20(16)21(23-12-24-22)26(4)11-19(27)25-17-7-5-6-14(2)15(17)3/h5-7,12-13H,8-11H2,1-4H3,(H,25,27)/t13-/m1/s1. The minimum absolute atomic E-state index is 0.0410. The highest BCUT2D eigenvalue weighted by atomic mass is 32.1. The summed E-state index contributed by atoms with van der Waals surface area (Å²) in [4.78, 5) is 26.1. The van der Waals surface area contributed by atoms with Crippen LogP contribution in [0.5, 0.6) is 0 Å². The van der Waals surface area contributed by atoms with Gasteiger partial charge in [-0.3, -0.25) is 4.79 Å². The number of likely N-dealkylation sites (N-methyl/N-ethyl adjacent to an activating group) is 1. The summed E-state index contributed by atoms with van der Waals surface area (Å²) in [5, 5.41) is 4.18. The number of hydrogen-bond donors (Lipinski definition) is 1. The van der Waals surface area contributed by atoms with Crippen molar-refractivity contribution in [3.8, 4) is 0 Å². The molecule has 0 bridgehead atoms. The molecule has 4 rings (SSSR count). The van der Waals surface area contributed by atoms with Crippen molar-refractivity contribution in [2.45, 2.75) is 40.0 Å². The van der Waals surface area contributed by atoms with Crippen LogP contribution in [0.15, 0.2) is 24.5 Å². The van der Waals surface area contributed by atoms with E-state index in [9.17, 15) is 4.79 Å². The molecule has 2 heterocycles. The van der Waals surface area contributed by atoms with E-state index in [1.54, 1.807) is 17.7 Å². The number of anilines is 2. The van der Waals surface area contributed by atoms with Crippen molar-refractivity contribution in [2.75, 3.05) is 23.8 Å². The van der Waals surface area contributed by atoms with Crippen LogP contribution in [0.4, 0.5) is 11.5 Å². The van der Waals surface area contributed by atoms with E-state index in [4.69, 9.17) is 0 Å².